The molecule has 0 aliphatic carbocycles. The highest BCUT2D eigenvalue weighted by Crippen LogP contribution is 2.37. The smallest absolute Gasteiger partial charge is 0.226 e. The zero-order chi connectivity index (χ0) is 17.4. The summed E-state index contributed by atoms with van der Waals surface area (Å²) in [6.45, 7) is 0. The van der Waals surface area contributed by atoms with Crippen LogP contribution in [0, 0.1) is 11.3 Å². The molecule has 1 N–H and O–H groups in total. The molecular weight excluding hydrogens is 336 g/mol. The van der Waals surface area contributed by atoms with Gasteiger partial charge in [0.15, 0.2) is 0 Å². The number of hydrogen-bond acceptors (Lipinski definition) is 3. The highest BCUT2D eigenvalue weighted by atomic mass is 35.5. The third-order valence-corrected chi connectivity index (χ3v) is 4.54. The number of imidazole rings is 1. The number of carbonyl (C=O) groups excluding carboxylic acids is 1. The maximum atomic E-state index is 12.3. The van der Waals surface area contributed by atoms with E-state index in [0.29, 0.717) is 22.8 Å². The van der Waals surface area contributed by atoms with Crippen LogP contribution in [0.4, 0.5) is 5.82 Å². The number of anilines is 1. The second-order valence-corrected chi connectivity index (χ2v) is 6.30. The van der Waals surface area contributed by atoms with Crippen molar-refractivity contribution in [2.75, 3.05) is 5.32 Å². The summed E-state index contributed by atoms with van der Waals surface area (Å²) < 4.78 is 1.83. The summed E-state index contributed by atoms with van der Waals surface area (Å²) in [7, 11) is 0. The third-order valence-electron chi connectivity index (χ3n) is 4.30. The molecule has 122 valence electrons. The SMILES string of the molecule is N#Cc1ccc([C@@H]2CC(=O)Nc3c2ncn3-c2cccc(Cl)c2)cc1. The predicted molar refractivity (Wildman–Crippen MR) is 94.8 cm³/mol. The number of benzene rings is 2. The number of rotatable bonds is 2. The minimum absolute atomic E-state index is 0.0642. The van der Waals surface area contributed by atoms with Crippen molar-refractivity contribution < 1.29 is 4.79 Å². The van der Waals surface area contributed by atoms with E-state index in [0.717, 1.165) is 16.9 Å². The Morgan fingerprint density at radius 1 is 1.24 bits per heavy atom. The van der Waals surface area contributed by atoms with Gasteiger partial charge in [-0.05, 0) is 35.9 Å². The van der Waals surface area contributed by atoms with Crippen LogP contribution < -0.4 is 5.32 Å². The van der Waals surface area contributed by atoms with Gasteiger partial charge in [-0.25, -0.2) is 4.98 Å². The van der Waals surface area contributed by atoms with Crippen LogP contribution in [0.5, 0.6) is 0 Å². The quantitative estimate of drug-likeness (QED) is 0.764. The molecule has 0 unspecified atom stereocenters. The first kappa shape index (κ1) is 15.4. The Bertz CT molecular complexity index is 1000. The van der Waals surface area contributed by atoms with Crippen molar-refractivity contribution in [1.29, 1.82) is 5.26 Å². The van der Waals surface area contributed by atoms with E-state index in [4.69, 9.17) is 16.9 Å². The molecule has 5 nitrogen and oxygen atoms in total. The van der Waals surface area contributed by atoms with Crippen molar-refractivity contribution in [3.63, 3.8) is 0 Å². The monoisotopic (exact) mass is 348 g/mol. The average molecular weight is 349 g/mol. The maximum absolute atomic E-state index is 12.3. The number of nitriles is 1. The normalized spacial score (nSPS) is 16.0. The summed E-state index contributed by atoms with van der Waals surface area (Å²) in [6, 6.07) is 16.8. The Morgan fingerprint density at radius 2 is 2.04 bits per heavy atom. The van der Waals surface area contributed by atoms with Crippen molar-refractivity contribution in [2.45, 2.75) is 12.3 Å². The Hall–Kier alpha value is -3.10. The fourth-order valence-corrected chi connectivity index (χ4v) is 3.28. The molecule has 1 amide bonds. The topological polar surface area (TPSA) is 70.7 Å². The van der Waals surface area contributed by atoms with Crippen LogP contribution in [-0.4, -0.2) is 15.5 Å². The van der Waals surface area contributed by atoms with E-state index >= 15 is 0 Å². The zero-order valence-corrected chi connectivity index (χ0v) is 13.9. The van der Waals surface area contributed by atoms with E-state index in [-0.39, 0.29) is 11.8 Å². The molecule has 25 heavy (non-hydrogen) atoms. The summed E-state index contributed by atoms with van der Waals surface area (Å²) in [5.41, 5.74) is 3.20. The number of halogens is 1. The van der Waals surface area contributed by atoms with Crippen LogP contribution in [0.15, 0.2) is 54.9 Å². The van der Waals surface area contributed by atoms with Gasteiger partial charge in [0.2, 0.25) is 5.91 Å². The first-order valence-corrected chi connectivity index (χ1v) is 8.16. The maximum Gasteiger partial charge on any atom is 0.226 e. The van der Waals surface area contributed by atoms with Gasteiger partial charge in [0.25, 0.3) is 0 Å². The van der Waals surface area contributed by atoms with Gasteiger partial charge < -0.3 is 5.32 Å². The van der Waals surface area contributed by atoms with Gasteiger partial charge in [0.1, 0.15) is 12.1 Å². The number of nitrogens with zero attached hydrogens (tertiary/aromatic N) is 3. The first-order valence-electron chi connectivity index (χ1n) is 7.79. The van der Waals surface area contributed by atoms with E-state index in [1.165, 1.54) is 0 Å². The van der Waals surface area contributed by atoms with Crippen LogP contribution in [0.25, 0.3) is 5.69 Å². The molecule has 2 heterocycles. The zero-order valence-electron chi connectivity index (χ0n) is 13.1. The van der Waals surface area contributed by atoms with Gasteiger partial charge in [-0.15, -0.1) is 0 Å². The second kappa shape index (κ2) is 6.08. The number of amides is 1. The summed E-state index contributed by atoms with van der Waals surface area (Å²) in [6.07, 6.45) is 2.02. The fourth-order valence-electron chi connectivity index (χ4n) is 3.09. The van der Waals surface area contributed by atoms with Crippen LogP contribution in [0.1, 0.15) is 29.2 Å². The van der Waals surface area contributed by atoms with Crippen LogP contribution in [-0.2, 0) is 4.79 Å². The highest BCUT2D eigenvalue weighted by Gasteiger charge is 2.30. The lowest BCUT2D eigenvalue weighted by Gasteiger charge is -2.23. The van der Waals surface area contributed by atoms with Crippen molar-refractivity contribution in [2.24, 2.45) is 0 Å². The molecule has 1 aromatic heterocycles. The van der Waals surface area contributed by atoms with Crippen molar-refractivity contribution in [1.82, 2.24) is 9.55 Å². The van der Waals surface area contributed by atoms with Crippen molar-refractivity contribution >= 4 is 23.3 Å². The fraction of sp³-hybridized carbons (Fsp3) is 0.105. The number of hydrogen-bond donors (Lipinski definition) is 1. The lowest BCUT2D eigenvalue weighted by molar-refractivity contribution is -0.116. The Morgan fingerprint density at radius 3 is 2.76 bits per heavy atom. The number of nitrogens with one attached hydrogen (secondary N) is 1. The molecule has 3 aromatic rings. The summed E-state index contributed by atoms with van der Waals surface area (Å²) in [5.74, 6) is 0.454. The summed E-state index contributed by atoms with van der Waals surface area (Å²) >= 11 is 6.08. The van der Waals surface area contributed by atoms with Crippen LogP contribution >= 0.6 is 11.6 Å². The molecule has 1 aliphatic heterocycles. The van der Waals surface area contributed by atoms with Gasteiger partial charge in [0.05, 0.1) is 17.3 Å². The van der Waals surface area contributed by atoms with Crippen molar-refractivity contribution in [3.8, 4) is 11.8 Å². The van der Waals surface area contributed by atoms with Gasteiger partial charge in [-0.1, -0.05) is 29.8 Å². The molecular formula is C19H13ClN4O. The van der Waals surface area contributed by atoms with E-state index in [1.54, 1.807) is 24.5 Å². The molecule has 0 fully saturated rings. The number of carbonyl (C=O) groups is 1. The molecule has 0 spiro atoms. The summed E-state index contributed by atoms with van der Waals surface area (Å²) in [4.78, 5) is 16.8. The summed E-state index contributed by atoms with van der Waals surface area (Å²) in [5, 5.41) is 12.5. The van der Waals surface area contributed by atoms with Crippen LogP contribution in [0.2, 0.25) is 5.02 Å². The molecule has 0 radical (unpaired) electrons. The minimum Gasteiger partial charge on any atom is -0.310 e. The molecule has 0 saturated carbocycles. The van der Waals surface area contributed by atoms with Gasteiger partial charge >= 0.3 is 0 Å². The van der Waals surface area contributed by atoms with Gasteiger partial charge in [0, 0.05) is 23.0 Å². The standard InChI is InChI=1S/C19H13ClN4O/c20-14-2-1-3-15(8-14)24-11-22-18-16(9-17(25)23-19(18)24)13-6-4-12(10-21)5-7-13/h1-8,11,16H,9H2,(H,23,25)/t16-/m0/s1. The number of fused-ring (bicyclic) bond motifs is 1. The molecule has 6 heteroatoms. The Balaban J connectivity index is 1.80. The van der Waals surface area contributed by atoms with Crippen LogP contribution in [0.3, 0.4) is 0 Å². The molecule has 0 saturated heterocycles. The van der Waals surface area contributed by atoms with Gasteiger partial charge in [-0.3, -0.25) is 9.36 Å². The Kier molecular flexibility index (Phi) is 3.75. The van der Waals surface area contributed by atoms with Gasteiger partial charge in [-0.2, -0.15) is 5.26 Å². The predicted octanol–water partition coefficient (Wildman–Crippen LogP) is 3.87. The largest absolute Gasteiger partial charge is 0.310 e. The molecule has 0 bridgehead atoms. The van der Waals surface area contributed by atoms with E-state index < -0.39 is 0 Å². The highest BCUT2D eigenvalue weighted by molar-refractivity contribution is 6.30. The molecule has 4 rings (SSSR count). The molecule has 1 aliphatic rings. The Labute approximate surface area is 149 Å². The lowest BCUT2D eigenvalue weighted by atomic mass is 9.89. The minimum atomic E-state index is -0.142. The molecule has 1 atom stereocenters. The number of aromatic nitrogens is 2. The second-order valence-electron chi connectivity index (χ2n) is 5.87. The lowest BCUT2D eigenvalue weighted by Crippen LogP contribution is -2.24. The van der Waals surface area contributed by atoms with E-state index in [9.17, 15) is 4.79 Å². The first-order chi connectivity index (χ1) is 12.2. The average Bonchev–Trinajstić information content (AvgIpc) is 3.05. The van der Waals surface area contributed by atoms with E-state index in [2.05, 4.69) is 16.4 Å². The van der Waals surface area contributed by atoms with Crippen molar-refractivity contribution in [3.05, 3.63) is 76.7 Å². The molecule has 2 aromatic carbocycles. The van der Waals surface area contributed by atoms with E-state index in [1.807, 2.05) is 34.9 Å². The third kappa shape index (κ3) is 2.77.